The molecule has 19 heavy (non-hydrogen) atoms. The third-order valence-corrected chi connectivity index (χ3v) is 2.11. The van der Waals surface area contributed by atoms with Crippen molar-refractivity contribution >= 4 is 5.97 Å². The number of nitrogens with zero attached hydrogens (tertiary/aromatic N) is 1. The van der Waals surface area contributed by atoms with Crippen LogP contribution in [0.2, 0.25) is 0 Å². The molecule has 0 unspecified atom stereocenters. The monoisotopic (exact) mass is 283 g/mol. The van der Waals surface area contributed by atoms with Crippen molar-refractivity contribution in [3.63, 3.8) is 0 Å². The van der Waals surface area contributed by atoms with Gasteiger partial charge in [-0.2, -0.15) is 31.6 Å². The number of halogens is 6. The van der Waals surface area contributed by atoms with Gasteiger partial charge in [-0.1, -0.05) is 0 Å². The number of nitriles is 1. The number of carboxylic acid groups (broad SMARTS) is 1. The molecule has 0 aliphatic carbocycles. The lowest BCUT2D eigenvalue weighted by Crippen LogP contribution is -2.16. The fourth-order valence-corrected chi connectivity index (χ4v) is 1.32. The van der Waals surface area contributed by atoms with E-state index in [1.165, 1.54) is 0 Å². The lowest BCUT2D eigenvalue weighted by molar-refractivity contribution is -0.143. The second kappa shape index (κ2) is 4.46. The first kappa shape index (κ1) is 14.8. The van der Waals surface area contributed by atoms with Gasteiger partial charge < -0.3 is 5.11 Å². The standard InChI is InChI=1S/C10H3F6NO2/c11-9(12,13)4-1-5(8(18)19)6(3-17)7(2-4)10(14,15)16/h1-2H,(H,18,19). The maximum absolute atomic E-state index is 12.5. The Morgan fingerprint density at radius 1 is 1.11 bits per heavy atom. The average Bonchev–Trinajstić information content (AvgIpc) is 2.24. The molecular weight excluding hydrogens is 280 g/mol. The van der Waals surface area contributed by atoms with Crippen LogP contribution in [0.3, 0.4) is 0 Å². The maximum Gasteiger partial charge on any atom is 0.417 e. The van der Waals surface area contributed by atoms with Crippen molar-refractivity contribution in [2.24, 2.45) is 0 Å². The van der Waals surface area contributed by atoms with Crippen LogP contribution in [0, 0.1) is 11.3 Å². The lowest BCUT2D eigenvalue weighted by atomic mass is 9.97. The van der Waals surface area contributed by atoms with E-state index >= 15 is 0 Å². The molecule has 0 saturated heterocycles. The van der Waals surface area contributed by atoms with Gasteiger partial charge in [-0.3, -0.25) is 0 Å². The number of carboxylic acids is 1. The summed E-state index contributed by atoms with van der Waals surface area (Å²) in [6, 6.07) is 0.672. The van der Waals surface area contributed by atoms with E-state index in [-0.39, 0.29) is 12.1 Å². The molecular formula is C10H3F6NO2. The fourth-order valence-electron chi connectivity index (χ4n) is 1.32. The van der Waals surface area contributed by atoms with Crippen molar-refractivity contribution in [2.75, 3.05) is 0 Å². The number of benzene rings is 1. The van der Waals surface area contributed by atoms with Gasteiger partial charge >= 0.3 is 18.3 Å². The van der Waals surface area contributed by atoms with E-state index in [1.807, 2.05) is 0 Å². The highest BCUT2D eigenvalue weighted by molar-refractivity contribution is 5.91. The predicted molar refractivity (Wildman–Crippen MR) is 48.1 cm³/mol. The Hall–Kier alpha value is -2.24. The molecule has 0 amide bonds. The lowest BCUT2D eigenvalue weighted by Gasteiger charge is -2.14. The molecule has 0 atom stereocenters. The topological polar surface area (TPSA) is 61.1 Å². The van der Waals surface area contributed by atoms with Gasteiger partial charge in [0.25, 0.3) is 0 Å². The molecule has 9 heteroatoms. The summed E-state index contributed by atoms with van der Waals surface area (Å²) in [5, 5.41) is 17.1. The minimum absolute atomic E-state index is 0.00384. The summed E-state index contributed by atoms with van der Waals surface area (Å²) in [6.45, 7) is 0. The highest BCUT2D eigenvalue weighted by Crippen LogP contribution is 2.38. The van der Waals surface area contributed by atoms with Crippen LogP contribution in [0.4, 0.5) is 26.3 Å². The molecule has 0 aliphatic heterocycles. The Bertz CT molecular complexity index is 567. The number of aromatic carboxylic acids is 1. The summed E-state index contributed by atoms with van der Waals surface area (Å²) >= 11 is 0. The Morgan fingerprint density at radius 3 is 1.95 bits per heavy atom. The van der Waals surface area contributed by atoms with Crippen molar-refractivity contribution in [1.29, 1.82) is 5.26 Å². The second-order valence-corrected chi connectivity index (χ2v) is 3.36. The number of hydrogen-bond acceptors (Lipinski definition) is 2. The molecule has 0 bridgehead atoms. The zero-order valence-corrected chi connectivity index (χ0v) is 8.73. The Morgan fingerprint density at radius 2 is 1.63 bits per heavy atom. The smallest absolute Gasteiger partial charge is 0.417 e. The van der Waals surface area contributed by atoms with E-state index in [2.05, 4.69) is 0 Å². The second-order valence-electron chi connectivity index (χ2n) is 3.36. The predicted octanol–water partition coefficient (Wildman–Crippen LogP) is 3.29. The minimum atomic E-state index is -5.27. The molecule has 1 aromatic rings. The first-order chi connectivity index (χ1) is 8.48. The molecule has 0 saturated carbocycles. The van der Waals surface area contributed by atoms with Crippen LogP contribution < -0.4 is 0 Å². The van der Waals surface area contributed by atoms with Crippen LogP contribution in [0.15, 0.2) is 12.1 Å². The van der Waals surface area contributed by atoms with Crippen molar-refractivity contribution in [3.8, 4) is 6.07 Å². The Labute approximate surface area is 101 Å². The molecule has 0 spiro atoms. The van der Waals surface area contributed by atoms with Crippen LogP contribution in [0.5, 0.6) is 0 Å². The highest BCUT2D eigenvalue weighted by Gasteiger charge is 2.40. The Kier molecular flexibility index (Phi) is 3.48. The summed E-state index contributed by atoms with van der Waals surface area (Å²) in [6.07, 6.45) is -10.4. The molecule has 0 aliphatic rings. The van der Waals surface area contributed by atoms with Crippen molar-refractivity contribution in [3.05, 3.63) is 34.4 Å². The molecule has 1 rings (SSSR count). The Balaban J connectivity index is 3.76. The third kappa shape index (κ3) is 2.96. The van der Waals surface area contributed by atoms with Gasteiger partial charge in [0, 0.05) is 0 Å². The van der Waals surface area contributed by atoms with Crippen LogP contribution in [-0.2, 0) is 12.4 Å². The van der Waals surface area contributed by atoms with Crippen molar-refractivity contribution < 1.29 is 36.2 Å². The van der Waals surface area contributed by atoms with Gasteiger partial charge in [0.15, 0.2) is 0 Å². The van der Waals surface area contributed by atoms with Gasteiger partial charge in [-0.25, -0.2) is 4.79 Å². The normalized spacial score (nSPS) is 12.1. The SMILES string of the molecule is N#Cc1c(C(=O)O)cc(C(F)(F)F)cc1C(F)(F)F. The number of rotatable bonds is 1. The van der Waals surface area contributed by atoms with Gasteiger partial charge in [0.05, 0.1) is 22.3 Å². The summed E-state index contributed by atoms with van der Waals surface area (Å²) in [4.78, 5) is 10.7. The highest BCUT2D eigenvalue weighted by atomic mass is 19.4. The first-order valence-electron chi connectivity index (χ1n) is 4.44. The van der Waals surface area contributed by atoms with Gasteiger partial charge in [-0.15, -0.1) is 0 Å². The molecule has 1 aromatic carbocycles. The third-order valence-electron chi connectivity index (χ3n) is 2.11. The molecule has 0 fully saturated rings. The minimum Gasteiger partial charge on any atom is -0.478 e. The van der Waals surface area contributed by atoms with E-state index in [0.29, 0.717) is 0 Å². The number of hydrogen-bond donors (Lipinski definition) is 1. The largest absolute Gasteiger partial charge is 0.478 e. The van der Waals surface area contributed by atoms with E-state index in [0.717, 1.165) is 6.07 Å². The van der Waals surface area contributed by atoms with Gasteiger partial charge in [0.1, 0.15) is 6.07 Å². The van der Waals surface area contributed by atoms with E-state index in [1.54, 1.807) is 0 Å². The molecule has 0 heterocycles. The van der Waals surface area contributed by atoms with Gasteiger partial charge in [0.2, 0.25) is 0 Å². The molecule has 0 aromatic heterocycles. The molecule has 1 N–H and O–H groups in total. The molecule has 0 radical (unpaired) electrons. The van der Waals surface area contributed by atoms with Crippen LogP contribution >= 0.6 is 0 Å². The van der Waals surface area contributed by atoms with Crippen LogP contribution in [-0.4, -0.2) is 11.1 Å². The zero-order chi connectivity index (χ0) is 15.0. The quantitative estimate of drug-likeness (QED) is 0.804. The summed E-state index contributed by atoms with van der Waals surface area (Å²) in [5.74, 6) is -2.05. The van der Waals surface area contributed by atoms with Gasteiger partial charge in [-0.05, 0) is 12.1 Å². The number of carbonyl (C=O) groups is 1. The van der Waals surface area contributed by atoms with Crippen molar-refractivity contribution in [2.45, 2.75) is 12.4 Å². The summed E-state index contributed by atoms with van der Waals surface area (Å²) in [5.41, 5.74) is -6.41. The summed E-state index contributed by atoms with van der Waals surface area (Å²) in [7, 11) is 0. The molecule has 102 valence electrons. The van der Waals surface area contributed by atoms with Crippen LogP contribution in [0.25, 0.3) is 0 Å². The van der Waals surface area contributed by atoms with E-state index in [9.17, 15) is 31.1 Å². The zero-order valence-electron chi connectivity index (χ0n) is 8.73. The fraction of sp³-hybridized carbons (Fsp3) is 0.200. The maximum atomic E-state index is 12.5. The average molecular weight is 283 g/mol. The number of alkyl halides is 6. The van der Waals surface area contributed by atoms with E-state index < -0.39 is 40.6 Å². The van der Waals surface area contributed by atoms with Crippen molar-refractivity contribution in [1.82, 2.24) is 0 Å². The summed E-state index contributed by atoms with van der Waals surface area (Å²) < 4.78 is 74.8. The first-order valence-corrected chi connectivity index (χ1v) is 4.44. The van der Waals surface area contributed by atoms with E-state index in [4.69, 9.17) is 10.4 Å². The van der Waals surface area contributed by atoms with Crippen LogP contribution in [0.1, 0.15) is 27.0 Å². The molecule has 3 nitrogen and oxygen atoms in total.